The highest BCUT2D eigenvalue weighted by Crippen LogP contribution is 2.28. The van der Waals surface area contributed by atoms with Crippen molar-refractivity contribution in [1.29, 1.82) is 0 Å². The van der Waals surface area contributed by atoms with Crippen LogP contribution in [0.5, 0.6) is 11.5 Å². The van der Waals surface area contributed by atoms with E-state index in [-0.39, 0.29) is 18.3 Å². The number of carbonyl (C=O) groups excluding carboxylic acids is 2. The Hall–Kier alpha value is -3.09. The van der Waals surface area contributed by atoms with Crippen LogP contribution in [0.4, 0.5) is 0 Å². The van der Waals surface area contributed by atoms with Gasteiger partial charge in [0, 0.05) is 31.9 Å². The summed E-state index contributed by atoms with van der Waals surface area (Å²) in [6.45, 7) is 0.696. The van der Waals surface area contributed by atoms with Crippen LogP contribution in [0.25, 0.3) is 0 Å². The maximum Gasteiger partial charge on any atom is 0.307 e. The minimum absolute atomic E-state index is 0.0393. The molecule has 1 amide bonds. The first-order chi connectivity index (χ1) is 13.6. The summed E-state index contributed by atoms with van der Waals surface area (Å²) < 4.78 is 15.2. The van der Waals surface area contributed by atoms with Crippen molar-refractivity contribution in [2.45, 2.75) is 25.8 Å². The summed E-state index contributed by atoms with van der Waals surface area (Å²) in [5.74, 6) is 0.894. The third-order valence-electron chi connectivity index (χ3n) is 4.34. The van der Waals surface area contributed by atoms with Crippen LogP contribution in [0.3, 0.4) is 0 Å². The van der Waals surface area contributed by atoms with Gasteiger partial charge in [-0.15, -0.1) is 0 Å². The fraction of sp³-hybridized carbons (Fsp3) is 0.381. The predicted molar refractivity (Wildman–Crippen MR) is 104 cm³/mol. The Balaban J connectivity index is 2.03. The van der Waals surface area contributed by atoms with E-state index in [0.717, 1.165) is 11.1 Å². The maximum atomic E-state index is 12.8. The van der Waals surface area contributed by atoms with E-state index in [2.05, 4.69) is 4.98 Å². The summed E-state index contributed by atoms with van der Waals surface area (Å²) in [5.41, 5.74) is 1.88. The Bertz CT molecular complexity index is 780. The van der Waals surface area contributed by atoms with Gasteiger partial charge in [-0.25, -0.2) is 0 Å². The van der Waals surface area contributed by atoms with Gasteiger partial charge >= 0.3 is 5.97 Å². The number of hydrogen-bond donors (Lipinski definition) is 0. The number of methoxy groups -OCH3 is 3. The Kier molecular flexibility index (Phi) is 8.27. The quantitative estimate of drug-likeness (QED) is 0.584. The molecule has 2 rings (SSSR count). The zero-order valence-corrected chi connectivity index (χ0v) is 16.5. The molecule has 0 aliphatic carbocycles. The first-order valence-corrected chi connectivity index (χ1v) is 9.01. The lowest BCUT2D eigenvalue weighted by atomic mass is 10.1. The highest BCUT2D eigenvalue weighted by molar-refractivity contribution is 5.77. The van der Waals surface area contributed by atoms with Gasteiger partial charge in [0.2, 0.25) is 5.91 Å². The summed E-state index contributed by atoms with van der Waals surface area (Å²) in [4.78, 5) is 30.0. The van der Waals surface area contributed by atoms with Crippen molar-refractivity contribution in [1.82, 2.24) is 9.88 Å². The van der Waals surface area contributed by atoms with Crippen LogP contribution in [0.1, 0.15) is 24.0 Å². The molecule has 0 spiro atoms. The molecule has 2 aromatic rings. The number of benzene rings is 1. The van der Waals surface area contributed by atoms with E-state index in [1.807, 2.05) is 30.3 Å². The number of carbonyl (C=O) groups is 2. The number of hydrogen-bond acceptors (Lipinski definition) is 6. The minimum Gasteiger partial charge on any atom is -0.493 e. The van der Waals surface area contributed by atoms with E-state index < -0.39 is 0 Å². The van der Waals surface area contributed by atoms with Crippen LogP contribution < -0.4 is 9.47 Å². The van der Waals surface area contributed by atoms with E-state index in [0.29, 0.717) is 37.4 Å². The van der Waals surface area contributed by atoms with Crippen LogP contribution in [0.2, 0.25) is 0 Å². The molecule has 0 radical (unpaired) electrons. The molecule has 7 nitrogen and oxygen atoms in total. The smallest absolute Gasteiger partial charge is 0.307 e. The lowest BCUT2D eigenvalue weighted by Crippen LogP contribution is -2.33. The van der Waals surface area contributed by atoms with E-state index in [4.69, 9.17) is 14.2 Å². The molecule has 0 aliphatic rings. The fourth-order valence-electron chi connectivity index (χ4n) is 2.78. The van der Waals surface area contributed by atoms with Gasteiger partial charge in [0.25, 0.3) is 0 Å². The highest BCUT2D eigenvalue weighted by Gasteiger charge is 2.16. The second-order valence-electron chi connectivity index (χ2n) is 6.19. The van der Waals surface area contributed by atoms with Gasteiger partial charge in [0.15, 0.2) is 11.5 Å². The number of esters is 1. The average Bonchev–Trinajstić information content (AvgIpc) is 2.74. The van der Waals surface area contributed by atoms with Crippen LogP contribution in [0, 0.1) is 0 Å². The second kappa shape index (κ2) is 10.9. The molecular weight excluding hydrogens is 360 g/mol. The zero-order chi connectivity index (χ0) is 20.4. The van der Waals surface area contributed by atoms with Crippen molar-refractivity contribution in [2.24, 2.45) is 0 Å². The molecule has 0 aliphatic heterocycles. The number of nitrogens with zero attached hydrogens (tertiary/aromatic N) is 2. The van der Waals surface area contributed by atoms with Crippen molar-refractivity contribution in [3.63, 3.8) is 0 Å². The van der Waals surface area contributed by atoms with E-state index in [9.17, 15) is 9.59 Å². The maximum absolute atomic E-state index is 12.8. The summed E-state index contributed by atoms with van der Waals surface area (Å²) in [7, 11) is 4.50. The van der Waals surface area contributed by atoms with Crippen molar-refractivity contribution in [3.05, 3.63) is 53.9 Å². The predicted octanol–water partition coefficient (Wildman–Crippen LogP) is 2.62. The Morgan fingerprint density at radius 2 is 1.79 bits per heavy atom. The van der Waals surface area contributed by atoms with Gasteiger partial charge in [0.1, 0.15) is 0 Å². The zero-order valence-electron chi connectivity index (χ0n) is 16.5. The van der Waals surface area contributed by atoms with Crippen molar-refractivity contribution < 1.29 is 23.8 Å². The van der Waals surface area contributed by atoms with Crippen LogP contribution in [-0.4, -0.2) is 49.6 Å². The largest absolute Gasteiger partial charge is 0.493 e. The number of ether oxygens (including phenoxy) is 3. The molecule has 0 saturated heterocycles. The van der Waals surface area contributed by atoms with Crippen molar-refractivity contribution >= 4 is 11.9 Å². The SMILES string of the molecule is COC(=O)CCN(Cc1cccnc1)C(=O)CCc1ccc(OC)c(OC)c1. The normalized spacial score (nSPS) is 10.2. The Morgan fingerprint density at radius 1 is 1.00 bits per heavy atom. The molecule has 0 saturated carbocycles. The van der Waals surface area contributed by atoms with E-state index >= 15 is 0 Å². The van der Waals surface area contributed by atoms with E-state index in [1.165, 1.54) is 7.11 Å². The van der Waals surface area contributed by atoms with Gasteiger partial charge in [-0.3, -0.25) is 14.6 Å². The molecule has 1 aromatic carbocycles. The standard InChI is InChI=1S/C21H26N2O5/c1-26-18-8-6-16(13-19(18)27-2)7-9-20(24)23(12-10-21(25)28-3)15-17-5-4-11-22-14-17/h4-6,8,11,13-14H,7,9-10,12,15H2,1-3H3. The molecule has 0 unspecified atom stereocenters. The molecule has 150 valence electrons. The first kappa shape index (κ1) is 21.2. The molecule has 1 heterocycles. The van der Waals surface area contributed by atoms with Gasteiger partial charge in [0.05, 0.1) is 27.8 Å². The molecule has 0 bridgehead atoms. The number of aromatic nitrogens is 1. The van der Waals surface area contributed by atoms with Gasteiger partial charge in [-0.05, 0) is 35.7 Å². The lowest BCUT2D eigenvalue weighted by molar-refractivity contribution is -0.142. The monoisotopic (exact) mass is 386 g/mol. The molecule has 7 heteroatoms. The summed E-state index contributed by atoms with van der Waals surface area (Å²) in [5, 5.41) is 0. The lowest BCUT2D eigenvalue weighted by Gasteiger charge is -2.22. The third kappa shape index (κ3) is 6.26. The number of amides is 1. The van der Waals surface area contributed by atoms with Gasteiger partial charge in [-0.2, -0.15) is 0 Å². The summed E-state index contributed by atoms with van der Waals surface area (Å²) in [6, 6.07) is 9.32. The average molecular weight is 386 g/mol. The van der Waals surface area contributed by atoms with Crippen molar-refractivity contribution in [2.75, 3.05) is 27.9 Å². The van der Waals surface area contributed by atoms with Gasteiger partial charge in [-0.1, -0.05) is 12.1 Å². The fourth-order valence-corrected chi connectivity index (χ4v) is 2.78. The molecule has 0 atom stereocenters. The molecule has 0 N–H and O–H groups in total. The highest BCUT2D eigenvalue weighted by atomic mass is 16.5. The Labute approximate surface area is 165 Å². The molecule has 28 heavy (non-hydrogen) atoms. The third-order valence-corrected chi connectivity index (χ3v) is 4.34. The topological polar surface area (TPSA) is 78.0 Å². The molecule has 1 aromatic heterocycles. The summed E-state index contributed by atoms with van der Waals surface area (Å²) in [6.07, 6.45) is 4.42. The number of aryl methyl sites for hydroxylation is 1. The summed E-state index contributed by atoms with van der Waals surface area (Å²) >= 11 is 0. The number of rotatable bonds is 10. The minimum atomic E-state index is -0.344. The van der Waals surface area contributed by atoms with Crippen LogP contribution in [-0.2, 0) is 27.3 Å². The van der Waals surface area contributed by atoms with Crippen molar-refractivity contribution in [3.8, 4) is 11.5 Å². The second-order valence-corrected chi connectivity index (χ2v) is 6.19. The number of pyridine rings is 1. The molecular formula is C21H26N2O5. The molecule has 0 fully saturated rings. The van der Waals surface area contributed by atoms with Gasteiger partial charge < -0.3 is 19.1 Å². The Morgan fingerprint density at radius 3 is 2.43 bits per heavy atom. The van der Waals surface area contributed by atoms with Crippen LogP contribution >= 0.6 is 0 Å². The van der Waals surface area contributed by atoms with Crippen LogP contribution in [0.15, 0.2) is 42.7 Å². The first-order valence-electron chi connectivity index (χ1n) is 9.01. The van der Waals surface area contributed by atoms with E-state index in [1.54, 1.807) is 31.5 Å².